The van der Waals surface area contributed by atoms with Gasteiger partial charge in [0.2, 0.25) is 0 Å². The van der Waals surface area contributed by atoms with Gasteiger partial charge in [0.05, 0.1) is 21.4 Å². The van der Waals surface area contributed by atoms with Gasteiger partial charge in [0.25, 0.3) is 0 Å². The van der Waals surface area contributed by atoms with Crippen LogP contribution in [0.25, 0.3) is 22.4 Å². The van der Waals surface area contributed by atoms with Crippen LogP contribution in [-0.2, 0) is 0 Å². The first-order valence-electron chi connectivity index (χ1n) is 7.83. The number of aliphatic imine (C=N–C) groups is 1. The van der Waals surface area contributed by atoms with Crippen LogP contribution in [0.5, 0.6) is 0 Å². The third-order valence-electron chi connectivity index (χ3n) is 4.34. The highest BCUT2D eigenvalue weighted by Crippen LogP contribution is 2.40. The Bertz CT molecular complexity index is 1010. The number of aromatic nitrogens is 1. The van der Waals surface area contributed by atoms with Gasteiger partial charge in [0.15, 0.2) is 0 Å². The van der Waals surface area contributed by atoms with E-state index in [1.807, 2.05) is 30.5 Å². The molecule has 1 aromatic heterocycles. The van der Waals surface area contributed by atoms with Gasteiger partial charge in [0.1, 0.15) is 5.82 Å². The summed E-state index contributed by atoms with van der Waals surface area (Å²) in [7, 11) is 0. The van der Waals surface area contributed by atoms with Crippen LogP contribution in [0.1, 0.15) is 18.4 Å². The van der Waals surface area contributed by atoms with E-state index in [4.69, 9.17) is 23.2 Å². The highest BCUT2D eigenvalue weighted by molar-refractivity contribution is 6.35. The van der Waals surface area contributed by atoms with Crippen LogP contribution in [0.15, 0.2) is 53.7 Å². The van der Waals surface area contributed by atoms with Gasteiger partial charge < -0.3 is 0 Å². The molecule has 5 heteroatoms. The standard InChI is InChI=1S/C20H13Cl2FN2/c1-11-10-25-19-5-4-12(7-14(11)19)13-3-2-6-24-20(13)15-8-17(22)18(23)9-16(15)21/h2-11H,1H3. The summed E-state index contributed by atoms with van der Waals surface area (Å²) in [5, 5.41) is 0.298. The van der Waals surface area contributed by atoms with Crippen LogP contribution in [0.3, 0.4) is 0 Å². The van der Waals surface area contributed by atoms with Gasteiger partial charge in [-0.25, -0.2) is 4.39 Å². The Kier molecular flexibility index (Phi) is 4.06. The summed E-state index contributed by atoms with van der Waals surface area (Å²) < 4.78 is 13.6. The SMILES string of the molecule is CC1C=Nc2ccc(-c3cccnc3-c3cc(Cl)c(F)cc3Cl)cc21. The van der Waals surface area contributed by atoms with E-state index in [1.165, 1.54) is 17.7 Å². The lowest BCUT2D eigenvalue weighted by Crippen LogP contribution is -1.93. The molecule has 0 saturated heterocycles. The van der Waals surface area contributed by atoms with Crippen molar-refractivity contribution in [3.63, 3.8) is 0 Å². The average Bonchev–Trinajstić information content (AvgIpc) is 2.99. The van der Waals surface area contributed by atoms with Crippen LogP contribution >= 0.6 is 23.2 Å². The monoisotopic (exact) mass is 370 g/mol. The Balaban J connectivity index is 1.89. The second kappa shape index (κ2) is 6.25. The normalized spacial score (nSPS) is 15.4. The molecule has 0 amide bonds. The maximum Gasteiger partial charge on any atom is 0.143 e. The van der Waals surface area contributed by atoms with Gasteiger partial charge >= 0.3 is 0 Å². The molecular weight excluding hydrogens is 358 g/mol. The third-order valence-corrected chi connectivity index (χ3v) is 4.94. The summed E-state index contributed by atoms with van der Waals surface area (Å²) in [6.07, 6.45) is 3.63. The molecule has 4 rings (SSSR count). The molecule has 0 saturated carbocycles. The molecule has 2 heterocycles. The Morgan fingerprint density at radius 1 is 1.00 bits per heavy atom. The fourth-order valence-electron chi connectivity index (χ4n) is 3.03. The molecule has 1 unspecified atom stereocenters. The molecule has 2 nitrogen and oxygen atoms in total. The maximum atomic E-state index is 13.6. The molecule has 0 fully saturated rings. The third kappa shape index (κ3) is 2.84. The van der Waals surface area contributed by atoms with E-state index in [-0.39, 0.29) is 16.0 Å². The van der Waals surface area contributed by atoms with Crippen molar-refractivity contribution in [3.8, 4) is 22.4 Å². The first kappa shape index (κ1) is 16.2. The fraction of sp³-hybridized carbons (Fsp3) is 0.100. The lowest BCUT2D eigenvalue weighted by atomic mass is 9.94. The van der Waals surface area contributed by atoms with Crippen LogP contribution in [0.4, 0.5) is 10.1 Å². The highest BCUT2D eigenvalue weighted by Gasteiger charge is 2.18. The van der Waals surface area contributed by atoms with E-state index in [0.29, 0.717) is 11.3 Å². The van der Waals surface area contributed by atoms with Gasteiger partial charge in [-0.05, 0) is 41.5 Å². The summed E-state index contributed by atoms with van der Waals surface area (Å²) in [5.41, 5.74) is 5.36. The smallest absolute Gasteiger partial charge is 0.143 e. The Morgan fingerprint density at radius 3 is 2.68 bits per heavy atom. The molecule has 0 N–H and O–H groups in total. The van der Waals surface area contributed by atoms with E-state index in [9.17, 15) is 4.39 Å². The molecule has 0 radical (unpaired) electrons. The molecule has 1 aliphatic rings. The first-order chi connectivity index (χ1) is 12.0. The minimum Gasteiger partial charge on any atom is -0.260 e. The summed E-state index contributed by atoms with van der Waals surface area (Å²) in [6.45, 7) is 2.11. The number of hydrogen-bond donors (Lipinski definition) is 0. The van der Waals surface area contributed by atoms with Gasteiger partial charge in [-0.15, -0.1) is 0 Å². The maximum absolute atomic E-state index is 13.6. The topological polar surface area (TPSA) is 25.2 Å². The predicted molar refractivity (Wildman–Crippen MR) is 102 cm³/mol. The zero-order valence-electron chi connectivity index (χ0n) is 13.3. The quantitative estimate of drug-likeness (QED) is 0.461. The van der Waals surface area contributed by atoms with Gasteiger partial charge in [-0.3, -0.25) is 9.98 Å². The number of benzene rings is 2. The number of fused-ring (bicyclic) bond motifs is 1. The number of rotatable bonds is 2. The lowest BCUT2D eigenvalue weighted by molar-refractivity contribution is 0.628. The van der Waals surface area contributed by atoms with Crippen molar-refractivity contribution in [1.29, 1.82) is 0 Å². The van der Waals surface area contributed by atoms with Crippen LogP contribution in [0.2, 0.25) is 10.0 Å². The molecule has 0 bridgehead atoms. The minimum atomic E-state index is -0.545. The highest BCUT2D eigenvalue weighted by atomic mass is 35.5. The van der Waals surface area contributed by atoms with Crippen LogP contribution < -0.4 is 0 Å². The largest absolute Gasteiger partial charge is 0.260 e. The van der Waals surface area contributed by atoms with Gasteiger partial charge in [-0.1, -0.05) is 42.3 Å². The summed E-state index contributed by atoms with van der Waals surface area (Å²) in [6, 6.07) is 12.7. The number of pyridine rings is 1. The van der Waals surface area contributed by atoms with Crippen molar-refractivity contribution in [2.45, 2.75) is 12.8 Å². The number of halogens is 3. The van der Waals surface area contributed by atoms with E-state index < -0.39 is 5.82 Å². The Hall–Kier alpha value is -2.23. The van der Waals surface area contributed by atoms with Crippen molar-refractivity contribution in [2.24, 2.45) is 4.99 Å². The molecular formula is C20H13Cl2FN2. The zero-order chi connectivity index (χ0) is 17.6. The average molecular weight is 371 g/mol. The molecule has 3 aromatic rings. The summed E-state index contributed by atoms with van der Waals surface area (Å²) >= 11 is 12.2. The molecule has 124 valence electrons. The van der Waals surface area contributed by atoms with E-state index in [0.717, 1.165) is 16.8 Å². The van der Waals surface area contributed by atoms with E-state index in [2.05, 4.69) is 23.0 Å². The van der Waals surface area contributed by atoms with Crippen molar-refractivity contribution < 1.29 is 4.39 Å². The molecule has 25 heavy (non-hydrogen) atoms. The molecule has 0 aliphatic carbocycles. The second-order valence-corrected chi connectivity index (χ2v) is 6.80. The zero-order valence-corrected chi connectivity index (χ0v) is 14.8. The van der Waals surface area contributed by atoms with Crippen LogP contribution in [0, 0.1) is 5.82 Å². The summed E-state index contributed by atoms with van der Waals surface area (Å²) in [5.74, 6) is -0.268. The molecule has 2 aromatic carbocycles. The van der Waals surface area contributed by atoms with Crippen molar-refractivity contribution in [2.75, 3.05) is 0 Å². The van der Waals surface area contributed by atoms with E-state index >= 15 is 0 Å². The predicted octanol–water partition coefficient (Wildman–Crippen LogP) is 6.68. The first-order valence-corrected chi connectivity index (χ1v) is 8.58. The van der Waals surface area contributed by atoms with Crippen molar-refractivity contribution >= 4 is 35.1 Å². The Morgan fingerprint density at radius 2 is 1.84 bits per heavy atom. The number of hydrogen-bond acceptors (Lipinski definition) is 2. The van der Waals surface area contributed by atoms with E-state index in [1.54, 1.807) is 6.20 Å². The number of nitrogens with zero attached hydrogens (tertiary/aromatic N) is 2. The molecule has 1 atom stereocenters. The van der Waals surface area contributed by atoms with Gasteiger partial charge in [-0.2, -0.15) is 0 Å². The molecule has 0 spiro atoms. The van der Waals surface area contributed by atoms with Crippen molar-refractivity contribution in [1.82, 2.24) is 4.98 Å². The second-order valence-electron chi connectivity index (χ2n) is 5.99. The minimum absolute atomic E-state index is 0.0204. The fourth-order valence-corrected chi connectivity index (χ4v) is 3.44. The Labute approximate surface area is 155 Å². The van der Waals surface area contributed by atoms with Crippen molar-refractivity contribution in [3.05, 3.63) is 70.1 Å². The van der Waals surface area contributed by atoms with Crippen LogP contribution in [-0.4, -0.2) is 11.2 Å². The summed E-state index contributed by atoms with van der Waals surface area (Å²) in [4.78, 5) is 8.88. The molecule has 1 aliphatic heterocycles. The van der Waals surface area contributed by atoms with Gasteiger partial charge in [0, 0.05) is 29.5 Å². The lowest BCUT2D eigenvalue weighted by Gasteiger charge is -2.13.